The van der Waals surface area contributed by atoms with Gasteiger partial charge in [0.15, 0.2) is 62.0 Å². The van der Waals surface area contributed by atoms with E-state index < -0.39 is 209 Å². The first-order valence-corrected chi connectivity index (χ1v) is 35.9. The second-order valence-corrected chi connectivity index (χ2v) is 27.3. The molecule has 0 amide bonds. The molecular weight excluding hydrogens is 1260 g/mol. The molecule has 6 aliphatic rings. The van der Waals surface area contributed by atoms with Crippen LogP contribution in [0.3, 0.4) is 0 Å². The molecule has 28 nitrogen and oxygen atoms in total. The second-order valence-electron chi connectivity index (χ2n) is 27.3. The molecule has 96 heavy (non-hydrogen) atoms. The fraction of sp³-hybridized carbons (Fsp3) is 0.941. The Morgan fingerprint density at radius 3 is 1.62 bits per heavy atom. The van der Waals surface area contributed by atoms with E-state index in [1.54, 1.807) is 13.8 Å². The fourth-order valence-corrected chi connectivity index (χ4v) is 12.9. The Kier molecular flexibility index (Phi) is 35.3. The van der Waals surface area contributed by atoms with Gasteiger partial charge in [-0.1, -0.05) is 137 Å². The third-order valence-corrected chi connectivity index (χ3v) is 19.6. The summed E-state index contributed by atoms with van der Waals surface area (Å²) in [6, 6.07) is 0. The molecule has 0 saturated carbocycles. The van der Waals surface area contributed by atoms with E-state index in [1.165, 1.54) is 34.6 Å². The van der Waals surface area contributed by atoms with Crippen LogP contribution in [0.15, 0.2) is 0 Å². The Morgan fingerprint density at radius 1 is 0.479 bits per heavy atom. The van der Waals surface area contributed by atoms with Gasteiger partial charge in [-0.05, 0) is 66.7 Å². The highest BCUT2D eigenvalue weighted by atomic mass is 16.8. The number of aliphatic hydroxyl groups is 10. The largest absolute Gasteiger partial charge is 0.455 e. The maximum Gasteiger partial charge on any atom is 0.311 e. The molecule has 0 aromatic rings. The lowest BCUT2D eigenvalue weighted by Gasteiger charge is -2.50. The quantitative estimate of drug-likeness (QED) is 0.0289. The number of carbonyl (C=O) groups excluding carboxylic acids is 4. The molecule has 6 rings (SSSR count). The lowest BCUT2D eigenvalue weighted by Crippen LogP contribution is -2.68. The van der Waals surface area contributed by atoms with Crippen LogP contribution < -0.4 is 0 Å². The van der Waals surface area contributed by atoms with Gasteiger partial charge in [-0.3, -0.25) is 19.2 Å². The van der Waals surface area contributed by atoms with Crippen molar-refractivity contribution < 1.29 is 137 Å². The van der Waals surface area contributed by atoms with Crippen LogP contribution in [0.25, 0.3) is 0 Å². The summed E-state index contributed by atoms with van der Waals surface area (Å²) in [5, 5.41) is 113. The number of hydrogen-bond donors (Lipinski definition) is 10. The molecule has 10 N–H and O–H groups in total. The first-order chi connectivity index (χ1) is 45.9. The van der Waals surface area contributed by atoms with Crippen LogP contribution in [0.5, 0.6) is 0 Å². The molecule has 0 aromatic heterocycles. The van der Waals surface area contributed by atoms with Gasteiger partial charge in [-0.25, -0.2) is 0 Å². The van der Waals surface area contributed by atoms with Gasteiger partial charge in [0, 0.05) is 12.8 Å². The van der Waals surface area contributed by atoms with Gasteiger partial charge < -0.3 is 117 Å². The summed E-state index contributed by atoms with van der Waals surface area (Å²) in [7, 11) is 0. The van der Waals surface area contributed by atoms with Crippen LogP contribution in [-0.4, -0.2) is 254 Å². The van der Waals surface area contributed by atoms with Crippen LogP contribution in [-0.2, 0) is 85.5 Å². The van der Waals surface area contributed by atoms with Gasteiger partial charge in [0.1, 0.15) is 73.2 Å². The fourth-order valence-electron chi connectivity index (χ4n) is 12.9. The highest BCUT2D eigenvalue weighted by Gasteiger charge is 2.59. The molecule has 0 aliphatic carbocycles. The summed E-state index contributed by atoms with van der Waals surface area (Å²) in [5.41, 5.74) is 0. The Labute approximate surface area is 565 Å². The highest BCUT2D eigenvalue weighted by molar-refractivity contribution is 5.74. The van der Waals surface area contributed by atoms with Gasteiger partial charge in [-0.2, -0.15) is 0 Å². The van der Waals surface area contributed by atoms with Gasteiger partial charge in [-0.15, -0.1) is 0 Å². The minimum Gasteiger partial charge on any atom is -0.455 e. The van der Waals surface area contributed by atoms with E-state index in [0.29, 0.717) is 44.9 Å². The van der Waals surface area contributed by atoms with Crippen molar-refractivity contribution in [1.82, 2.24) is 0 Å². The van der Waals surface area contributed by atoms with Gasteiger partial charge in [0.25, 0.3) is 0 Å². The van der Waals surface area contributed by atoms with Crippen LogP contribution >= 0.6 is 0 Å². The molecule has 0 spiro atoms. The number of aliphatic hydroxyl groups excluding tert-OH is 10. The average Bonchev–Trinajstić information content (AvgIpc) is 0.773. The van der Waals surface area contributed by atoms with Gasteiger partial charge in [0.05, 0.1) is 55.6 Å². The summed E-state index contributed by atoms with van der Waals surface area (Å²) in [4.78, 5) is 55.7. The molecule has 29 atom stereocenters. The predicted octanol–water partition coefficient (Wildman–Crippen LogP) is 3.84. The molecule has 28 heteroatoms. The normalized spacial score (nSPS) is 39.5. The van der Waals surface area contributed by atoms with E-state index in [0.717, 1.165) is 96.3 Å². The van der Waals surface area contributed by atoms with Crippen molar-refractivity contribution in [2.24, 2.45) is 11.8 Å². The van der Waals surface area contributed by atoms with E-state index in [-0.39, 0.29) is 18.9 Å². The van der Waals surface area contributed by atoms with Crippen molar-refractivity contribution in [3.05, 3.63) is 0 Å². The zero-order valence-electron chi connectivity index (χ0n) is 57.9. The zero-order valence-corrected chi connectivity index (χ0v) is 57.9. The van der Waals surface area contributed by atoms with Crippen molar-refractivity contribution in [1.29, 1.82) is 0 Å². The average molecular weight is 1380 g/mol. The van der Waals surface area contributed by atoms with Crippen LogP contribution in [0.4, 0.5) is 0 Å². The maximum absolute atomic E-state index is 14.2. The molecule has 0 unspecified atom stereocenters. The third-order valence-electron chi connectivity index (χ3n) is 19.6. The standard InChI is InChI=1S/C68H118O28/c1-10-13-15-16-17-18-21-24-28-32-45(72)89-58-53(80)55(94-68-61(96-64-51(78)49(76)47(74)43(34-69)87-64)60(92-63(82)37(5)38(6)71)56(41(9)85-68)91-62(81)36(4)12-3)40(8)83-65(58)93-54-39(7)84-66-59(52(54)79)90-46(73)33-29-25-22-19-20-23-27-31-42(30-26-14-11-2)86-67-57(95-66)50(77)48(75)44(35-70)88-67/h36-44,47-61,64-71,74-80H,10-35H2,1-9H3/t36-,37-,38+,39+,40+,41+,42+,43-,44-,47-,48-,49+,50+,51-,52-,53-,54+,55+,56+,57-,58-,59-,60-,61-,64+,65+,66+,67-,68+/m1/s1. The van der Waals surface area contributed by atoms with E-state index >= 15 is 0 Å². The molecule has 6 saturated heterocycles. The molecule has 6 heterocycles. The maximum atomic E-state index is 14.2. The zero-order chi connectivity index (χ0) is 70.3. The van der Waals surface area contributed by atoms with E-state index in [9.17, 15) is 70.2 Å². The first-order valence-electron chi connectivity index (χ1n) is 35.9. The Hall–Kier alpha value is -2.92. The molecule has 558 valence electrons. The number of carbonyl (C=O) groups is 4. The summed E-state index contributed by atoms with van der Waals surface area (Å²) in [6.07, 6.45) is -25.2. The highest BCUT2D eigenvalue weighted by Crippen LogP contribution is 2.40. The minimum absolute atomic E-state index is 0.0615. The van der Waals surface area contributed by atoms with Crippen LogP contribution in [0, 0.1) is 11.8 Å². The SMILES string of the molecule is CCCCCCCCCCCC(=O)O[C@H]1[C@H](O[C@@H]2[C@@H](O)[C@H]3OC(=O)CCCCCCCCC[C@H](CCCCC)O[C@@H]4O[C@H](CO)[C@@H](O)[C@H](O)[C@H]4O[C@@H]3O[C@H]2C)O[C@@H](C)[C@H](O[C@@H]2O[C@@H](C)[C@H](OC(=O)[C@H](C)CC)[C@@H](OC(=O)[C@H](C)[C@H](C)O)[C@H]2O[C@@H]2O[C@H](CO)[C@@H](O)[C@H](O)[C@H]2O)[C@H]1O. The van der Waals surface area contributed by atoms with Crippen molar-refractivity contribution in [3.8, 4) is 0 Å². The third kappa shape index (κ3) is 23.0. The molecule has 6 fully saturated rings. The van der Waals surface area contributed by atoms with Gasteiger partial charge in [0.2, 0.25) is 0 Å². The number of ether oxygens (including phenoxy) is 14. The molecule has 0 bridgehead atoms. The number of hydrogen-bond acceptors (Lipinski definition) is 28. The van der Waals surface area contributed by atoms with E-state index in [2.05, 4.69) is 13.8 Å². The van der Waals surface area contributed by atoms with Crippen molar-refractivity contribution in [2.75, 3.05) is 13.2 Å². The summed E-state index contributed by atoms with van der Waals surface area (Å²) in [6.45, 7) is 13.2. The van der Waals surface area contributed by atoms with Gasteiger partial charge >= 0.3 is 23.9 Å². The predicted molar refractivity (Wildman–Crippen MR) is 338 cm³/mol. The Morgan fingerprint density at radius 2 is 1.00 bits per heavy atom. The number of fused-ring (bicyclic) bond motifs is 2. The second kappa shape index (κ2) is 41.2. The minimum atomic E-state index is -2.05. The Balaban J connectivity index is 1.35. The lowest BCUT2D eigenvalue weighted by atomic mass is 9.95. The summed E-state index contributed by atoms with van der Waals surface area (Å²) < 4.78 is 88.2. The smallest absolute Gasteiger partial charge is 0.311 e. The van der Waals surface area contributed by atoms with Crippen molar-refractivity contribution in [3.63, 3.8) is 0 Å². The molecule has 0 aromatic carbocycles. The van der Waals surface area contributed by atoms with Crippen molar-refractivity contribution >= 4 is 23.9 Å². The Bertz CT molecular complexity index is 2250. The number of esters is 4. The van der Waals surface area contributed by atoms with Crippen LogP contribution in [0.2, 0.25) is 0 Å². The lowest BCUT2D eigenvalue weighted by molar-refractivity contribution is -0.396. The van der Waals surface area contributed by atoms with E-state index in [4.69, 9.17) is 66.3 Å². The monoisotopic (exact) mass is 1380 g/mol. The number of rotatable bonds is 29. The molecule has 0 radical (unpaired) electrons. The first kappa shape index (κ1) is 82.0. The summed E-state index contributed by atoms with van der Waals surface area (Å²) >= 11 is 0. The molecular formula is C68H118O28. The van der Waals surface area contributed by atoms with Crippen molar-refractivity contribution in [2.45, 2.75) is 382 Å². The van der Waals surface area contributed by atoms with Crippen LogP contribution in [0.1, 0.15) is 216 Å². The van der Waals surface area contributed by atoms with E-state index in [1.807, 2.05) is 0 Å². The molecule has 6 aliphatic heterocycles. The summed E-state index contributed by atoms with van der Waals surface area (Å²) in [5.74, 6) is -5.16. The topological polar surface area (TPSA) is 400 Å². The number of unbranched alkanes of at least 4 members (excludes halogenated alkanes) is 10.